The molecule has 16 heavy (non-hydrogen) atoms. The molecule has 0 radical (unpaired) electrons. The van der Waals surface area contributed by atoms with Crippen LogP contribution in [-0.4, -0.2) is 10.2 Å². The van der Waals surface area contributed by atoms with Crippen molar-refractivity contribution in [2.24, 2.45) is 0 Å². The SMILES string of the molecule is Cc1cc(Cl)ccc1OCc1nnc(S)o1. The number of benzene rings is 1. The fraction of sp³-hybridized carbons (Fsp3) is 0.200. The number of ether oxygens (including phenoxy) is 1. The van der Waals surface area contributed by atoms with Gasteiger partial charge in [-0.1, -0.05) is 24.2 Å². The summed E-state index contributed by atoms with van der Waals surface area (Å²) in [6.07, 6.45) is 0. The smallest absolute Gasteiger partial charge is 0.273 e. The van der Waals surface area contributed by atoms with Gasteiger partial charge in [-0.3, -0.25) is 0 Å². The highest BCUT2D eigenvalue weighted by Crippen LogP contribution is 2.22. The summed E-state index contributed by atoms with van der Waals surface area (Å²) in [6, 6.07) is 5.39. The largest absolute Gasteiger partial charge is 0.484 e. The number of nitrogens with zero attached hydrogens (tertiary/aromatic N) is 2. The van der Waals surface area contributed by atoms with Gasteiger partial charge in [-0.2, -0.15) is 0 Å². The molecule has 6 heteroatoms. The molecule has 2 aromatic rings. The van der Waals surface area contributed by atoms with Crippen molar-refractivity contribution in [1.82, 2.24) is 10.2 Å². The highest BCUT2D eigenvalue weighted by molar-refractivity contribution is 7.80. The van der Waals surface area contributed by atoms with Crippen LogP contribution in [0.25, 0.3) is 0 Å². The van der Waals surface area contributed by atoms with Crippen molar-refractivity contribution in [3.63, 3.8) is 0 Å². The summed E-state index contributed by atoms with van der Waals surface area (Å²) >= 11 is 9.74. The average molecular weight is 257 g/mol. The Kier molecular flexibility index (Phi) is 3.36. The Balaban J connectivity index is 2.04. The molecule has 0 bridgehead atoms. The van der Waals surface area contributed by atoms with Gasteiger partial charge in [0.2, 0.25) is 0 Å². The number of halogens is 1. The van der Waals surface area contributed by atoms with Crippen LogP contribution in [-0.2, 0) is 6.61 Å². The first kappa shape index (κ1) is 11.3. The second kappa shape index (κ2) is 4.76. The molecule has 0 aliphatic carbocycles. The van der Waals surface area contributed by atoms with E-state index in [0.717, 1.165) is 11.3 Å². The van der Waals surface area contributed by atoms with E-state index in [0.29, 0.717) is 10.9 Å². The molecule has 0 aliphatic rings. The summed E-state index contributed by atoms with van der Waals surface area (Å²) in [4.78, 5) is 0. The Hall–Kier alpha value is -1.20. The molecule has 4 nitrogen and oxygen atoms in total. The first-order valence-electron chi connectivity index (χ1n) is 4.55. The van der Waals surface area contributed by atoms with Crippen LogP contribution in [0.4, 0.5) is 0 Å². The van der Waals surface area contributed by atoms with Crippen LogP contribution in [0.2, 0.25) is 5.02 Å². The quantitative estimate of drug-likeness (QED) is 0.858. The topological polar surface area (TPSA) is 48.2 Å². The fourth-order valence-corrected chi connectivity index (χ4v) is 1.59. The Morgan fingerprint density at radius 1 is 1.44 bits per heavy atom. The molecule has 2 rings (SSSR count). The fourth-order valence-electron chi connectivity index (χ4n) is 1.22. The monoisotopic (exact) mass is 256 g/mol. The molecule has 1 heterocycles. The van der Waals surface area contributed by atoms with E-state index in [2.05, 4.69) is 22.8 Å². The zero-order chi connectivity index (χ0) is 11.5. The van der Waals surface area contributed by atoms with E-state index in [9.17, 15) is 0 Å². The summed E-state index contributed by atoms with van der Waals surface area (Å²) in [7, 11) is 0. The number of aryl methyl sites for hydroxylation is 1. The van der Waals surface area contributed by atoms with Gasteiger partial charge in [-0.05, 0) is 30.7 Å². The Labute approximate surface area is 103 Å². The number of thiol groups is 1. The van der Waals surface area contributed by atoms with E-state index in [1.165, 1.54) is 0 Å². The molecule has 0 fully saturated rings. The van der Waals surface area contributed by atoms with Gasteiger partial charge < -0.3 is 9.15 Å². The molecule has 0 unspecified atom stereocenters. The van der Waals surface area contributed by atoms with Crippen LogP contribution >= 0.6 is 24.2 Å². The van der Waals surface area contributed by atoms with Crippen LogP contribution < -0.4 is 4.74 Å². The van der Waals surface area contributed by atoms with Crippen molar-refractivity contribution < 1.29 is 9.15 Å². The number of hydrogen-bond acceptors (Lipinski definition) is 5. The highest BCUT2D eigenvalue weighted by Gasteiger charge is 2.05. The van der Waals surface area contributed by atoms with Crippen LogP contribution in [0.5, 0.6) is 5.75 Å². The van der Waals surface area contributed by atoms with Gasteiger partial charge in [0, 0.05) is 5.02 Å². The van der Waals surface area contributed by atoms with Gasteiger partial charge in [0.1, 0.15) is 5.75 Å². The summed E-state index contributed by atoms with van der Waals surface area (Å²) in [5.74, 6) is 1.13. The third-order valence-corrected chi connectivity index (χ3v) is 2.36. The van der Waals surface area contributed by atoms with E-state index in [-0.39, 0.29) is 11.8 Å². The van der Waals surface area contributed by atoms with Gasteiger partial charge >= 0.3 is 0 Å². The Bertz CT molecular complexity index is 501. The molecule has 1 aromatic heterocycles. The molecule has 0 spiro atoms. The maximum atomic E-state index is 5.83. The van der Waals surface area contributed by atoms with E-state index < -0.39 is 0 Å². The minimum Gasteiger partial charge on any atom is -0.484 e. The first-order chi connectivity index (χ1) is 7.65. The predicted molar refractivity (Wildman–Crippen MR) is 62.1 cm³/mol. The zero-order valence-electron chi connectivity index (χ0n) is 8.48. The lowest BCUT2D eigenvalue weighted by Gasteiger charge is -2.06. The Morgan fingerprint density at radius 3 is 2.88 bits per heavy atom. The van der Waals surface area contributed by atoms with Crippen LogP contribution in [0, 0.1) is 6.92 Å². The lowest BCUT2D eigenvalue weighted by molar-refractivity contribution is 0.251. The zero-order valence-corrected chi connectivity index (χ0v) is 10.1. The number of rotatable bonds is 3. The molecule has 0 atom stereocenters. The lowest BCUT2D eigenvalue weighted by Crippen LogP contribution is -1.97. The summed E-state index contributed by atoms with van der Waals surface area (Å²) in [5, 5.41) is 8.25. The second-order valence-corrected chi connectivity index (χ2v) is 4.00. The minimum absolute atomic E-state index is 0.218. The van der Waals surface area contributed by atoms with Crippen molar-refractivity contribution in [1.29, 1.82) is 0 Å². The maximum absolute atomic E-state index is 5.83. The molecular formula is C10H9ClN2O2S. The molecule has 0 saturated heterocycles. The lowest BCUT2D eigenvalue weighted by atomic mass is 10.2. The summed E-state index contributed by atoms with van der Waals surface area (Å²) in [5.41, 5.74) is 0.957. The van der Waals surface area contributed by atoms with Crippen molar-refractivity contribution >= 4 is 24.2 Å². The van der Waals surface area contributed by atoms with Crippen molar-refractivity contribution in [3.05, 3.63) is 34.7 Å². The molecule has 0 amide bonds. The molecular weight excluding hydrogens is 248 g/mol. The van der Waals surface area contributed by atoms with Crippen LogP contribution in [0.1, 0.15) is 11.5 Å². The molecule has 84 valence electrons. The Morgan fingerprint density at radius 2 is 2.25 bits per heavy atom. The van der Waals surface area contributed by atoms with Crippen molar-refractivity contribution in [2.45, 2.75) is 18.8 Å². The number of aromatic nitrogens is 2. The molecule has 1 aromatic carbocycles. The second-order valence-electron chi connectivity index (χ2n) is 3.18. The van der Waals surface area contributed by atoms with Gasteiger partial charge in [0.15, 0.2) is 6.61 Å². The van der Waals surface area contributed by atoms with Crippen LogP contribution in [0.3, 0.4) is 0 Å². The minimum atomic E-state index is 0.218. The van der Waals surface area contributed by atoms with Crippen molar-refractivity contribution in [2.75, 3.05) is 0 Å². The van der Waals surface area contributed by atoms with Gasteiger partial charge in [0.05, 0.1) is 0 Å². The third kappa shape index (κ3) is 2.68. The molecule has 0 N–H and O–H groups in total. The van der Waals surface area contributed by atoms with Crippen LogP contribution in [0.15, 0.2) is 27.8 Å². The first-order valence-corrected chi connectivity index (χ1v) is 5.38. The van der Waals surface area contributed by atoms with E-state index in [1.54, 1.807) is 12.1 Å². The van der Waals surface area contributed by atoms with Crippen molar-refractivity contribution in [3.8, 4) is 5.75 Å². The number of hydrogen-bond donors (Lipinski definition) is 1. The normalized spacial score (nSPS) is 10.4. The van der Waals surface area contributed by atoms with Gasteiger partial charge in [-0.25, -0.2) is 0 Å². The van der Waals surface area contributed by atoms with E-state index >= 15 is 0 Å². The highest BCUT2D eigenvalue weighted by atomic mass is 35.5. The average Bonchev–Trinajstić information content (AvgIpc) is 2.63. The van der Waals surface area contributed by atoms with E-state index in [4.69, 9.17) is 20.8 Å². The summed E-state index contributed by atoms with van der Waals surface area (Å²) in [6.45, 7) is 2.13. The standard InChI is InChI=1S/C10H9ClN2O2S/c1-6-4-7(11)2-3-8(6)14-5-9-12-13-10(16)15-9/h2-4H,5H2,1H3,(H,13,16). The summed E-state index contributed by atoms with van der Waals surface area (Å²) < 4.78 is 10.6. The maximum Gasteiger partial charge on any atom is 0.273 e. The predicted octanol–water partition coefficient (Wildman–Crippen LogP) is 2.90. The van der Waals surface area contributed by atoms with Gasteiger partial charge in [-0.15, -0.1) is 10.2 Å². The van der Waals surface area contributed by atoms with E-state index in [1.807, 2.05) is 13.0 Å². The molecule has 0 aliphatic heterocycles. The third-order valence-electron chi connectivity index (χ3n) is 1.94. The van der Waals surface area contributed by atoms with Gasteiger partial charge in [0.25, 0.3) is 11.1 Å². The molecule has 0 saturated carbocycles.